The fourth-order valence-electron chi connectivity index (χ4n) is 4.69. The standard InChI is InChI=1S/C21H24FN7O2/c22-13-3-1-12(2-4-13)9-28-10-15-7-14(28)11-29(15)21-26-17(19(23)30)8-18(27-21)25-16-5-6-24-20(16)31/h1-4,8,14-16H,5-7,9-11H2,(H2,23,30)(H,24,31)(H,25,26,27)/t14?,15?,16-/m0/s1. The Morgan fingerprint density at radius 2 is 2.03 bits per heavy atom. The van der Waals surface area contributed by atoms with Gasteiger partial charge in [0.15, 0.2) is 0 Å². The lowest BCUT2D eigenvalue weighted by Gasteiger charge is -2.34. The SMILES string of the molecule is NC(=O)c1cc(N[C@H]2CCNC2=O)nc(N2CC3CC2CN3Cc2ccc(F)cc2)n1. The van der Waals surface area contributed by atoms with Crippen molar-refractivity contribution in [1.29, 1.82) is 0 Å². The fraction of sp³-hybridized carbons (Fsp3) is 0.429. The fourth-order valence-corrected chi connectivity index (χ4v) is 4.69. The zero-order valence-corrected chi connectivity index (χ0v) is 16.9. The molecule has 4 heterocycles. The normalized spacial score (nSPS) is 25.1. The smallest absolute Gasteiger partial charge is 0.267 e. The minimum absolute atomic E-state index is 0.0857. The second kappa shape index (κ2) is 7.77. The van der Waals surface area contributed by atoms with Crippen LogP contribution in [0.25, 0.3) is 0 Å². The van der Waals surface area contributed by atoms with Crippen molar-refractivity contribution >= 4 is 23.6 Å². The predicted molar refractivity (Wildman–Crippen MR) is 112 cm³/mol. The highest BCUT2D eigenvalue weighted by Crippen LogP contribution is 2.34. The molecule has 9 nitrogen and oxygen atoms in total. The van der Waals surface area contributed by atoms with Crippen molar-refractivity contribution in [3.05, 3.63) is 47.4 Å². The second-order valence-corrected chi connectivity index (χ2v) is 8.33. The summed E-state index contributed by atoms with van der Waals surface area (Å²) >= 11 is 0. The third-order valence-corrected chi connectivity index (χ3v) is 6.25. The van der Waals surface area contributed by atoms with Gasteiger partial charge in [0.05, 0.1) is 0 Å². The van der Waals surface area contributed by atoms with Gasteiger partial charge in [0.25, 0.3) is 5.91 Å². The third-order valence-electron chi connectivity index (χ3n) is 6.25. The number of halogens is 1. The predicted octanol–water partition coefficient (Wildman–Crippen LogP) is 0.478. The molecule has 3 fully saturated rings. The highest BCUT2D eigenvalue weighted by molar-refractivity contribution is 5.92. The molecule has 0 spiro atoms. The van der Waals surface area contributed by atoms with E-state index in [9.17, 15) is 14.0 Å². The van der Waals surface area contributed by atoms with Crippen LogP contribution < -0.4 is 21.3 Å². The molecule has 10 heteroatoms. The van der Waals surface area contributed by atoms with Crippen molar-refractivity contribution in [3.8, 4) is 0 Å². The summed E-state index contributed by atoms with van der Waals surface area (Å²) in [5.74, 6) is -0.0795. The summed E-state index contributed by atoms with van der Waals surface area (Å²) in [6.07, 6.45) is 1.62. The zero-order chi connectivity index (χ0) is 21.5. The molecule has 2 unspecified atom stereocenters. The van der Waals surface area contributed by atoms with Crippen LogP contribution in [0.4, 0.5) is 16.2 Å². The van der Waals surface area contributed by atoms with Crippen molar-refractivity contribution in [2.45, 2.75) is 37.5 Å². The summed E-state index contributed by atoms with van der Waals surface area (Å²) in [6.45, 7) is 2.94. The molecule has 2 amide bonds. The quantitative estimate of drug-likeness (QED) is 0.616. The topological polar surface area (TPSA) is 116 Å². The molecule has 31 heavy (non-hydrogen) atoms. The van der Waals surface area contributed by atoms with Gasteiger partial charge < -0.3 is 21.3 Å². The Morgan fingerprint density at radius 3 is 2.68 bits per heavy atom. The first-order valence-corrected chi connectivity index (χ1v) is 10.4. The highest BCUT2D eigenvalue weighted by Gasteiger charge is 2.44. The Morgan fingerprint density at radius 1 is 1.23 bits per heavy atom. The molecule has 0 radical (unpaired) electrons. The van der Waals surface area contributed by atoms with E-state index in [4.69, 9.17) is 5.73 Å². The van der Waals surface area contributed by atoms with Gasteiger partial charge in [-0.15, -0.1) is 0 Å². The van der Waals surface area contributed by atoms with Crippen molar-refractivity contribution in [1.82, 2.24) is 20.2 Å². The highest BCUT2D eigenvalue weighted by atomic mass is 19.1. The number of piperazine rings is 1. The van der Waals surface area contributed by atoms with Gasteiger partial charge in [0, 0.05) is 44.3 Å². The van der Waals surface area contributed by atoms with E-state index in [-0.39, 0.29) is 29.5 Å². The van der Waals surface area contributed by atoms with Gasteiger partial charge in [-0.05, 0) is 30.5 Å². The van der Waals surface area contributed by atoms with Crippen molar-refractivity contribution in [2.24, 2.45) is 5.73 Å². The van der Waals surface area contributed by atoms with Crippen LogP contribution in [-0.2, 0) is 11.3 Å². The lowest BCUT2D eigenvalue weighted by molar-refractivity contribution is -0.119. The average molecular weight is 425 g/mol. The van der Waals surface area contributed by atoms with Crippen LogP contribution in [-0.4, -0.2) is 64.4 Å². The summed E-state index contributed by atoms with van der Waals surface area (Å²) in [5, 5.41) is 5.87. The molecule has 5 rings (SSSR count). The number of anilines is 2. The molecule has 2 aromatic rings. The maximum absolute atomic E-state index is 13.2. The Kier molecular flexibility index (Phi) is 4.93. The molecule has 1 aromatic carbocycles. The number of nitrogens with one attached hydrogen (secondary N) is 2. The van der Waals surface area contributed by atoms with Crippen LogP contribution in [0.2, 0.25) is 0 Å². The zero-order valence-electron chi connectivity index (χ0n) is 16.9. The number of fused-ring (bicyclic) bond motifs is 2. The van der Waals surface area contributed by atoms with Crippen LogP contribution in [0.1, 0.15) is 28.9 Å². The van der Waals surface area contributed by atoms with Gasteiger partial charge in [0.2, 0.25) is 11.9 Å². The molecule has 3 aliphatic rings. The van der Waals surface area contributed by atoms with Gasteiger partial charge in [-0.1, -0.05) is 12.1 Å². The first-order valence-electron chi connectivity index (χ1n) is 10.4. The van der Waals surface area contributed by atoms with Crippen LogP contribution in [0.15, 0.2) is 30.3 Å². The van der Waals surface area contributed by atoms with Gasteiger partial charge >= 0.3 is 0 Å². The van der Waals surface area contributed by atoms with Crippen LogP contribution in [0.5, 0.6) is 0 Å². The van der Waals surface area contributed by atoms with E-state index in [0.717, 1.165) is 31.6 Å². The monoisotopic (exact) mass is 425 g/mol. The molecule has 3 saturated heterocycles. The summed E-state index contributed by atoms with van der Waals surface area (Å²) in [7, 11) is 0. The van der Waals surface area contributed by atoms with Gasteiger partial charge in [-0.25, -0.2) is 9.37 Å². The minimum atomic E-state index is -0.634. The largest absolute Gasteiger partial charge is 0.364 e. The number of nitrogens with zero attached hydrogens (tertiary/aromatic N) is 4. The van der Waals surface area contributed by atoms with Gasteiger partial charge in [-0.2, -0.15) is 4.98 Å². The van der Waals surface area contributed by atoms with Crippen molar-refractivity contribution in [3.63, 3.8) is 0 Å². The van der Waals surface area contributed by atoms with Gasteiger partial charge in [0.1, 0.15) is 23.4 Å². The maximum atomic E-state index is 13.2. The molecule has 0 saturated carbocycles. The van der Waals surface area contributed by atoms with E-state index in [2.05, 4.69) is 30.4 Å². The summed E-state index contributed by atoms with van der Waals surface area (Å²) in [6, 6.07) is 8.25. The van der Waals surface area contributed by atoms with Gasteiger partial charge in [-0.3, -0.25) is 14.5 Å². The lowest BCUT2D eigenvalue weighted by atomic mass is 10.2. The lowest BCUT2D eigenvalue weighted by Crippen LogP contribution is -2.46. The molecule has 3 atom stereocenters. The van der Waals surface area contributed by atoms with Crippen molar-refractivity contribution < 1.29 is 14.0 Å². The summed E-state index contributed by atoms with van der Waals surface area (Å²) < 4.78 is 13.2. The number of carbonyl (C=O) groups excluding carboxylic acids is 2. The molecule has 0 aliphatic carbocycles. The van der Waals surface area contributed by atoms with E-state index in [1.165, 1.54) is 18.2 Å². The first kappa shape index (κ1) is 19.7. The average Bonchev–Trinajstić information content (AvgIpc) is 3.46. The number of hydrogen-bond acceptors (Lipinski definition) is 7. The molecule has 1 aromatic heterocycles. The second-order valence-electron chi connectivity index (χ2n) is 8.33. The Bertz CT molecular complexity index is 1020. The first-order chi connectivity index (χ1) is 15.0. The van der Waals surface area contributed by atoms with E-state index >= 15 is 0 Å². The van der Waals surface area contributed by atoms with Crippen LogP contribution >= 0.6 is 0 Å². The number of rotatable bonds is 6. The molecule has 3 aliphatic heterocycles. The minimum Gasteiger partial charge on any atom is -0.364 e. The molecular weight excluding hydrogens is 401 g/mol. The Balaban J connectivity index is 1.32. The van der Waals surface area contributed by atoms with E-state index < -0.39 is 5.91 Å². The summed E-state index contributed by atoms with van der Waals surface area (Å²) in [4.78, 5) is 37.2. The maximum Gasteiger partial charge on any atom is 0.267 e. The molecule has 2 bridgehead atoms. The molecule has 162 valence electrons. The summed E-state index contributed by atoms with van der Waals surface area (Å²) in [5.41, 5.74) is 6.69. The number of nitrogens with two attached hydrogens (primary N) is 1. The third kappa shape index (κ3) is 3.90. The van der Waals surface area contributed by atoms with E-state index in [0.29, 0.717) is 30.8 Å². The number of carbonyl (C=O) groups is 2. The van der Waals surface area contributed by atoms with Crippen LogP contribution in [0.3, 0.4) is 0 Å². The van der Waals surface area contributed by atoms with Crippen LogP contribution in [0, 0.1) is 5.82 Å². The number of hydrogen-bond donors (Lipinski definition) is 3. The van der Waals surface area contributed by atoms with E-state index in [1.54, 1.807) is 0 Å². The Labute approximate surface area is 178 Å². The number of benzene rings is 1. The number of aromatic nitrogens is 2. The molecule has 4 N–H and O–H groups in total. The number of amides is 2. The van der Waals surface area contributed by atoms with E-state index in [1.807, 2.05) is 12.1 Å². The number of likely N-dealkylation sites (tertiary alicyclic amines) is 1. The van der Waals surface area contributed by atoms with Crippen molar-refractivity contribution in [2.75, 3.05) is 29.9 Å². The molecular formula is C21H24FN7O2. The Hall–Kier alpha value is -3.27. The number of primary amides is 1.